The molecule has 0 N–H and O–H groups in total. The van der Waals surface area contributed by atoms with E-state index in [0.29, 0.717) is 5.92 Å². The molecule has 0 aliphatic rings. The van der Waals surface area contributed by atoms with Crippen molar-refractivity contribution in [3.63, 3.8) is 0 Å². The predicted molar refractivity (Wildman–Crippen MR) is 78.4 cm³/mol. The first kappa shape index (κ1) is 14.0. The van der Waals surface area contributed by atoms with Crippen molar-refractivity contribution in [2.24, 2.45) is 0 Å². The van der Waals surface area contributed by atoms with Crippen molar-refractivity contribution < 1.29 is 4.74 Å². The molecule has 1 unspecified atom stereocenters. The minimum absolute atomic E-state index is 0.148. The van der Waals surface area contributed by atoms with Crippen molar-refractivity contribution in [3.8, 4) is 0 Å². The van der Waals surface area contributed by atoms with Crippen LogP contribution in [0, 0.1) is 0 Å². The van der Waals surface area contributed by atoms with Gasteiger partial charge in [0.2, 0.25) is 0 Å². The zero-order valence-corrected chi connectivity index (χ0v) is 12.7. The Hall–Kier alpha value is -0.0900. The smallest absolute Gasteiger partial charge is 0.0992 e. The Labute approximate surface area is 113 Å². The Morgan fingerprint density at radius 2 is 1.81 bits per heavy atom. The van der Waals surface area contributed by atoms with Gasteiger partial charge in [-0.1, -0.05) is 60.7 Å². The number of rotatable bonds is 5. The van der Waals surface area contributed by atoms with E-state index in [1.165, 1.54) is 11.1 Å². The highest BCUT2D eigenvalue weighted by Gasteiger charge is 2.25. The molecule has 1 atom stereocenters. The Kier molecular flexibility index (Phi) is 5.25. The number of alkyl halides is 1. The van der Waals surface area contributed by atoms with Crippen LogP contribution in [0.4, 0.5) is 0 Å². The molecule has 0 aliphatic carbocycles. The van der Waals surface area contributed by atoms with Crippen molar-refractivity contribution in [1.82, 2.24) is 0 Å². The summed E-state index contributed by atoms with van der Waals surface area (Å²) in [6, 6.07) is 8.82. The van der Waals surface area contributed by atoms with Gasteiger partial charge in [-0.05, 0) is 30.9 Å². The number of halogens is 1. The molecule has 1 aromatic carbocycles. The first-order chi connectivity index (χ1) is 7.53. The van der Waals surface area contributed by atoms with Crippen LogP contribution in [0.25, 0.3) is 0 Å². The molecule has 0 radical (unpaired) electrons. The summed E-state index contributed by atoms with van der Waals surface area (Å²) in [7, 11) is 0. The number of hydrogen-bond acceptors (Lipinski definition) is 1. The lowest BCUT2D eigenvalue weighted by Crippen LogP contribution is -2.27. The SMILES string of the molecule is CCOC(C)(CI)c1ccc(C(C)C)cc1. The van der Waals surface area contributed by atoms with Crippen LogP contribution in [0.15, 0.2) is 24.3 Å². The molecule has 1 nitrogen and oxygen atoms in total. The van der Waals surface area contributed by atoms with Crippen molar-refractivity contribution in [2.45, 2.75) is 39.2 Å². The normalized spacial score (nSPS) is 15.1. The second-order valence-corrected chi connectivity index (χ2v) is 5.34. The third-order valence-electron chi connectivity index (χ3n) is 2.91. The maximum absolute atomic E-state index is 5.86. The average Bonchev–Trinajstić information content (AvgIpc) is 2.29. The fourth-order valence-corrected chi connectivity index (χ4v) is 2.40. The Morgan fingerprint density at radius 1 is 1.25 bits per heavy atom. The zero-order valence-electron chi connectivity index (χ0n) is 10.6. The van der Waals surface area contributed by atoms with Gasteiger partial charge >= 0.3 is 0 Å². The maximum atomic E-state index is 5.86. The standard InChI is InChI=1S/C14H21IO/c1-5-16-14(4,10-15)13-8-6-12(7-9-13)11(2)3/h6-9,11H,5,10H2,1-4H3. The van der Waals surface area contributed by atoms with Gasteiger partial charge in [-0.2, -0.15) is 0 Å². The fraction of sp³-hybridized carbons (Fsp3) is 0.571. The van der Waals surface area contributed by atoms with Gasteiger partial charge < -0.3 is 4.74 Å². The molecule has 0 spiro atoms. The summed E-state index contributed by atoms with van der Waals surface area (Å²) in [5.74, 6) is 0.590. The molecule has 0 bridgehead atoms. The van der Waals surface area contributed by atoms with Gasteiger partial charge in [0.05, 0.1) is 5.60 Å². The van der Waals surface area contributed by atoms with E-state index in [-0.39, 0.29) is 5.60 Å². The second-order valence-electron chi connectivity index (χ2n) is 4.57. The third-order valence-corrected chi connectivity index (χ3v) is 4.36. The average molecular weight is 332 g/mol. The van der Waals surface area contributed by atoms with Crippen LogP contribution in [0.1, 0.15) is 44.7 Å². The summed E-state index contributed by atoms with van der Waals surface area (Å²) in [5.41, 5.74) is 2.51. The molecule has 2 heteroatoms. The van der Waals surface area contributed by atoms with E-state index < -0.39 is 0 Å². The largest absolute Gasteiger partial charge is 0.370 e. The van der Waals surface area contributed by atoms with Gasteiger partial charge in [0, 0.05) is 11.0 Å². The van der Waals surface area contributed by atoms with E-state index in [2.05, 4.69) is 67.6 Å². The predicted octanol–water partition coefficient (Wildman–Crippen LogP) is 4.50. The lowest BCUT2D eigenvalue weighted by atomic mass is 9.94. The van der Waals surface area contributed by atoms with Crippen LogP contribution < -0.4 is 0 Å². The van der Waals surface area contributed by atoms with Crippen LogP contribution in [0.5, 0.6) is 0 Å². The minimum atomic E-state index is -0.148. The van der Waals surface area contributed by atoms with Crippen LogP contribution in [-0.4, -0.2) is 11.0 Å². The first-order valence-corrected chi connectivity index (χ1v) is 7.36. The fourth-order valence-electron chi connectivity index (χ4n) is 1.74. The summed E-state index contributed by atoms with van der Waals surface area (Å²) in [6.07, 6.45) is 0. The van der Waals surface area contributed by atoms with E-state index in [1.54, 1.807) is 0 Å². The topological polar surface area (TPSA) is 9.23 Å². The second kappa shape index (κ2) is 6.01. The Balaban J connectivity index is 2.94. The van der Waals surface area contributed by atoms with Crippen LogP contribution in [0.3, 0.4) is 0 Å². The molecule has 0 saturated heterocycles. The summed E-state index contributed by atoms with van der Waals surface area (Å²) in [6.45, 7) is 9.40. The van der Waals surface area contributed by atoms with Crippen molar-refractivity contribution >= 4 is 22.6 Å². The lowest BCUT2D eigenvalue weighted by molar-refractivity contribution is -0.00755. The summed E-state index contributed by atoms with van der Waals surface area (Å²) in [4.78, 5) is 0. The highest BCUT2D eigenvalue weighted by atomic mass is 127. The van der Waals surface area contributed by atoms with Gasteiger partial charge in [0.25, 0.3) is 0 Å². The molecule has 0 saturated carbocycles. The molecule has 16 heavy (non-hydrogen) atoms. The van der Waals surface area contributed by atoms with Crippen LogP contribution in [-0.2, 0) is 10.3 Å². The van der Waals surface area contributed by atoms with Gasteiger partial charge in [-0.15, -0.1) is 0 Å². The Bertz CT molecular complexity index is 318. The molecule has 0 aromatic heterocycles. The van der Waals surface area contributed by atoms with Crippen molar-refractivity contribution in [2.75, 3.05) is 11.0 Å². The Morgan fingerprint density at radius 3 is 2.19 bits per heavy atom. The molecule has 0 aliphatic heterocycles. The highest BCUT2D eigenvalue weighted by Crippen LogP contribution is 2.28. The minimum Gasteiger partial charge on any atom is -0.370 e. The molecule has 0 heterocycles. The summed E-state index contributed by atoms with van der Waals surface area (Å²) < 4.78 is 6.83. The highest BCUT2D eigenvalue weighted by molar-refractivity contribution is 14.1. The van der Waals surface area contributed by atoms with Gasteiger partial charge in [0.15, 0.2) is 0 Å². The van der Waals surface area contributed by atoms with E-state index in [1.807, 2.05) is 6.92 Å². The summed E-state index contributed by atoms with van der Waals surface area (Å²) >= 11 is 2.39. The molecular formula is C14H21IO. The molecule has 90 valence electrons. The maximum Gasteiger partial charge on any atom is 0.0992 e. The van der Waals surface area contributed by atoms with E-state index in [4.69, 9.17) is 4.74 Å². The van der Waals surface area contributed by atoms with Gasteiger partial charge in [-0.3, -0.25) is 0 Å². The van der Waals surface area contributed by atoms with Gasteiger partial charge in [0.1, 0.15) is 0 Å². The number of ether oxygens (including phenoxy) is 1. The molecular weight excluding hydrogens is 311 g/mol. The molecule has 1 rings (SSSR count). The third kappa shape index (κ3) is 3.20. The van der Waals surface area contributed by atoms with E-state index in [0.717, 1.165) is 11.0 Å². The first-order valence-electron chi connectivity index (χ1n) is 5.84. The zero-order chi connectivity index (χ0) is 12.2. The van der Waals surface area contributed by atoms with Crippen LogP contribution >= 0.6 is 22.6 Å². The van der Waals surface area contributed by atoms with Crippen LogP contribution in [0.2, 0.25) is 0 Å². The summed E-state index contributed by atoms with van der Waals surface area (Å²) in [5, 5.41) is 0. The number of benzene rings is 1. The lowest BCUT2D eigenvalue weighted by Gasteiger charge is -2.28. The molecule has 0 fully saturated rings. The molecule has 0 amide bonds. The van der Waals surface area contributed by atoms with E-state index in [9.17, 15) is 0 Å². The monoisotopic (exact) mass is 332 g/mol. The quantitative estimate of drug-likeness (QED) is 0.570. The number of hydrogen-bond donors (Lipinski definition) is 0. The van der Waals surface area contributed by atoms with Crippen molar-refractivity contribution in [3.05, 3.63) is 35.4 Å². The molecule has 1 aromatic rings. The van der Waals surface area contributed by atoms with Gasteiger partial charge in [-0.25, -0.2) is 0 Å². The van der Waals surface area contributed by atoms with E-state index >= 15 is 0 Å². The van der Waals surface area contributed by atoms with Crippen molar-refractivity contribution in [1.29, 1.82) is 0 Å².